The van der Waals surface area contributed by atoms with Gasteiger partial charge in [-0.05, 0) is 6.42 Å². The number of nitrogens with zero attached hydrogens (tertiary/aromatic N) is 1. The first-order valence-corrected chi connectivity index (χ1v) is 3.60. The van der Waals surface area contributed by atoms with Gasteiger partial charge in [0.05, 0.1) is 6.54 Å². The highest BCUT2D eigenvalue weighted by atomic mass is 16.1. The second kappa shape index (κ2) is 6.46. The molecule has 0 aromatic heterocycles. The predicted octanol–water partition coefficient (Wildman–Crippen LogP) is 0.840. The Morgan fingerprint density at radius 1 is 1.70 bits per heavy atom. The van der Waals surface area contributed by atoms with E-state index in [0.29, 0.717) is 6.54 Å². The molecular weight excluding hydrogens is 128 g/mol. The number of hydrogen-bond donors (Lipinski definition) is 1. The van der Waals surface area contributed by atoms with Gasteiger partial charge in [-0.3, -0.25) is 0 Å². The van der Waals surface area contributed by atoms with Gasteiger partial charge in [0.2, 0.25) is 6.08 Å². The number of aliphatic imine (C=N–C) groups is 1. The molecule has 1 unspecified atom stereocenters. The van der Waals surface area contributed by atoms with Crippen molar-refractivity contribution in [3.05, 3.63) is 0 Å². The number of isocyanates is 1. The van der Waals surface area contributed by atoms with Crippen LogP contribution in [0.5, 0.6) is 0 Å². The highest BCUT2D eigenvalue weighted by molar-refractivity contribution is 5.32. The maximum absolute atomic E-state index is 9.64. The molecule has 0 spiro atoms. The van der Waals surface area contributed by atoms with Gasteiger partial charge in [0.25, 0.3) is 0 Å². The van der Waals surface area contributed by atoms with Crippen LogP contribution < -0.4 is 5.73 Å². The van der Waals surface area contributed by atoms with Crippen molar-refractivity contribution in [2.24, 2.45) is 10.7 Å². The molecule has 0 rings (SSSR count). The van der Waals surface area contributed by atoms with Gasteiger partial charge < -0.3 is 5.73 Å². The molecule has 3 nitrogen and oxygen atoms in total. The number of unbranched alkanes of at least 4 members (excludes halogenated alkanes) is 1. The highest BCUT2D eigenvalue weighted by Crippen LogP contribution is 1.97. The van der Waals surface area contributed by atoms with E-state index in [2.05, 4.69) is 11.9 Å². The normalized spacial score (nSPS) is 12.2. The molecule has 0 aromatic rings. The molecule has 1 atom stereocenters. The van der Waals surface area contributed by atoms with E-state index in [1.165, 1.54) is 6.08 Å². The van der Waals surface area contributed by atoms with Gasteiger partial charge in [0.1, 0.15) is 0 Å². The molecule has 0 saturated heterocycles. The summed E-state index contributed by atoms with van der Waals surface area (Å²) >= 11 is 0. The lowest BCUT2D eigenvalue weighted by Gasteiger charge is -2.04. The second-order valence-corrected chi connectivity index (χ2v) is 2.33. The molecule has 2 N–H and O–H groups in total. The Labute approximate surface area is 61.3 Å². The smallest absolute Gasteiger partial charge is 0.234 e. The summed E-state index contributed by atoms with van der Waals surface area (Å²) < 4.78 is 0. The Morgan fingerprint density at radius 3 is 2.90 bits per heavy atom. The van der Waals surface area contributed by atoms with Crippen LogP contribution in [0.4, 0.5) is 0 Å². The summed E-state index contributed by atoms with van der Waals surface area (Å²) in [5.41, 5.74) is 5.57. The molecule has 0 aliphatic carbocycles. The first-order valence-electron chi connectivity index (χ1n) is 3.60. The van der Waals surface area contributed by atoms with Gasteiger partial charge in [0.15, 0.2) is 0 Å². The van der Waals surface area contributed by atoms with Crippen LogP contribution in [0.3, 0.4) is 0 Å². The number of hydrogen-bond acceptors (Lipinski definition) is 3. The SMILES string of the molecule is CCCCC(N)CN=C=O. The maximum Gasteiger partial charge on any atom is 0.234 e. The van der Waals surface area contributed by atoms with Crippen molar-refractivity contribution in [3.8, 4) is 0 Å². The molecule has 10 heavy (non-hydrogen) atoms. The molecule has 0 aliphatic rings. The largest absolute Gasteiger partial charge is 0.326 e. The predicted molar refractivity (Wildman–Crippen MR) is 40.5 cm³/mol. The lowest BCUT2D eigenvalue weighted by molar-refractivity contribution is 0.552. The van der Waals surface area contributed by atoms with Crippen LogP contribution >= 0.6 is 0 Å². The van der Waals surface area contributed by atoms with Crippen molar-refractivity contribution < 1.29 is 4.79 Å². The van der Waals surface area contributed by atoms with Gasteiger partial charge in [-0.15, -0.1) is 0 Å². The van der Waals surface area contributed by atoms with E-state index in [0.717, 1.165) is 19.3 Å². The fourth-order valence-electron chi connectivity index (χ4n) is 0.712. The Balaban J connectivity index is 3.24. The minimum Gasteiger partial charge on any atom is -0.326 e. The summed E-state index contributed by atoms with van der Waals surface area (Å²) in [6, 6.07) is 0.0430. The third-order valence-corrected chi connectivity index (χ3v) is 1.32. The zero-order valence-electron chi connectivity index (χ0n) is 6.34. The molecule has 58 valence electrons. The summed E-state index contributed by atoms with van der Waals surface area (Å²) in [6.07, 6.45) is 4.66. The number of nitrogens with two attached hydrogens (primary N) is 1. The zero-order chi connectivity index (χ0) is 7.82. The quantitative estimate of drug-likeness (QED) is 0.457. The molecule has 0 bridgehead atoms. The fraction of sp³-hybridized carbons (Fsp3) is 0.857. The van der Waals surface area contributed by atoms with E-state index >= 15 is 0 Å². The molecule has 0 fully saturated rings. The van der Waals surface area contributed by atoms with E-state index in [-0.39, 0.29) is 6.04 Å². The number of carbonyl (C=O) groups excluding carboxylic acids is 1. The van der Waals surface area contributed by atoms with Crippen LogP contribution in [0.1, 0.15) is 26.2 Å². The van der Waals surface area contributed by atoms with Gasteiger partial charge in [0, 0.05) is 6.04 Å². The standard InChI is InChI=1S/C7H14N2O/c1-2-3-4-7(8)5-9-6-10/h7H,2-5,8H2,1H3. The lowest BCUT2D eigenvalue weighted by Crippen LogP contribution is -2.22. The Bertz CT molecular complexity index is 119. The fourth-order valence-corrected chi connectivity index (χ4v) is 0.712. The molecule has 0 amide bonds. The van der Waals surface area contributed by atoms with Crippen molar-refractivity contribution in [2.45, 2.75) is 32.2 Å². The van der Waals surface area contributed by atoms with E-state index in [4.69, 9.17) is 5.73 Å². The van der Waals surface area contributed by atoms with Crippen LogP contribution in [-0.2, 0) is 4.79 Å². The summed E-state index contributed by atoms with van der Waals surface area (Å²) in [5, 5.41) is 0. The molecule has 0 saturated carbocycles. The molecule has 0 radical (unpaired) electrons. The summed E-state index contributed by atoms with van der Waals surface area (Å²) in [5.74, 6) is 0. The molecule has 0 heterocycles. The third kappa shape index (κ3) is 5.48. The maximum atomic E-state index is 9.64. The monoisotopic (exact) mass is 142 g/mol. The second-order valence-electron chi connectivity index (χ2n) is 2.33. The molecular formula is C7H14N2O. The highest BCUT2D eigenvalue weighted by Gasteiger charge is 1.98. The van der Waals surface area contributed by atoms with E-state index < -0.39 is 0 Å². The zero-order valence-corrected chi connectivity index (χ0v) is 6.34. The molecule has 0 aliphatic heterocycles. The van der Waals surface area contributed by atoms with Crippen LogP contribution in [-0.4, -0.2) is 18.7 Å². The van der Waals surface area contributed by atoms with Gasteiger partial charge in [-0.25, -0.2) is 9.79 Å². The Hall–Kier alpha value is -0.660. The topological polar surface area (TPSA) is 55.4 Å². The molecule has 3 heteroatoms. The van der Waals surface area contributed by atoms with Crippen molar-refractivity contribution in [1.82, 2.24) is 0 Å². The first-order chi connectivity index (χ1) is 4.81. The first kappa shape index (κ1) is 9.34. The van der Waals surface area contributed by atoms with E-state index in [1.807, 2.05) is 0 Å². The average molecular weight is 142 g/mol. The summed E-state index contributed by atoms with van der Waals surface area (Å²) in [7, 11) is 0. The Kier molecular flexibility index (Phi) is 6.03. The summed E-state index contributed by atoms with van der Waals surface area (Å²) in [4.78, 5) is 13.0. The van der Waals surface area contributed by atoms with Crippen LogP contribution in [0.25, 0.3) is 0 Å². The van der Waals surface area contributed by atoms with Gasteiger partial charge in [-0.2, -0.15) is 0 Å². The van der Waals surface area contributed by atoms with Crippen molar-refractivity contribution in [3.63, 3.8) is 0 Å². The van der Waals surface area contributed by atoms with E-state index in [1.54, 1.807) is 0 Å². The Morgan fingerprint density at radius 2 is 2.40 bits per heavy atom. The average Bonchev–Trinajstić information content (AvgIpc) is 1.97. The lowest BCUT2D eigenvalue weighted by atomic mass is 10.1. The molecule has 0 aromatic carbocycles. The van der Waals surface area contributed by atoms with Gasteiger partial charge >= 0.3 is 0 Å². The van der Waals surface area contributed by atoms with Crippen molar-refractivity contribution in [1.29, 1.82) is 0 Å². The van der Waals surface area contributed by atoms with Crippen molar-refractivity contribution in [2.75, 3.05) is 6.54 Å². The van der Waals surface area contributed by atoms with Crippen LogP contribution in [0, 0.1) is 0 Å². The van der Waals surface area contributed by atoms with Crippen LogP contribution in [0.15, 0.2) is 4.99 Å². The minimum atomic E-state index is 0.0430. The van der Waals surface area contributed by atoms with E-state index in [9.17, 15) is 4.79 Å². The third-order valence-electron chi connectivity index (χ3n) is 1.32. The van der Waals surface area contributed by atoms with Crippen molar-refractivity contribution >= 4 is 6.08 Å². The minimum absolute atomic E-state index is 0.0430. The van der Waals surface area contributed by atoms with Crippen LogP contribution in [0.2, 0.25) is 0 Å². The van der Waals surface area contributed by atoms with Gasteiger partial charge in [-0.1, -0.05) is 19.8 Å². The summed E-state index contributed by atoms with van der Waals surface area (Å²) in [6.45, 7) is 2.53. The number of rotatable bonds is 5.